The van der Waals surface area contributed by atoms with Crippen LogP contribution in [0.15, 0.2) is 72.3 Å². The Morgan fingerprint density at radius 3 is 2.32 bits per heavy atom. The first kappa shape index (κ1) is 33.4. The van der Waals surface area contributed by atoms with E-state index < -0.39 is 64.7 Å². The molecule has 5 amide bonds. The predicted octanol–water partition coefficient (Wildman–Crippen LogP) is 5.47. The van der Waals surface area contributed by atoms with Gasteiger partial charge in [-0.25, -0.2) is 4.79 Å². The van der Waals surface area contributed by atoms with E-state index in [2.05, 4.69) is 5.43 Å². The summed E-state index contributed by atoms with van der Waals surface area (Å²) in [6.07, 6.45) is 0.741. The quantitative estimate of drug-likeness (QED) is 0.248. The molecule has 12 nitrogen and oxygen atoms in total. The number of fused-ring (bicyclic) bond motifs is 4. The van der Waals surface area contributed by atoms with Gasteiger partial charge in [0.25, 0.3) is 11.8 Å². The molecule has 1 saturated carbocycles. The van der Waals surface area contributed by atoms with Crippen molar-refractivity contribution in [1.29, 1.82) is 0 Å². The van der Waals surface area contributed by atoms with Gasteiger partial charge < -0.3 is 19.3 Å². The maximum absolute atomic E-state index is 15.3. The van der Waals surface area contributed by atoms with Crippen LogP contribution >= 0.6 is 23.2 Å². The van der Waals surface area contributed by atoms with Gasteiger partial charge in [-0.2, -0.15) is 9.91 Å². The Hall–Kier alpha value is -5.07. The number of hydrazine groups is 1. The molecule has 6 atom stereocenters. The van der Waals surface area contributed by atoms with Gasteiger partial charge in [0.15, 0.2) is 11.5 Å². The molecular weight excluding hydrogens is 689 g/mol. The Balaban J connectivity index is 1.48. The third-order valence-corrected chi connectivity index (χ3v) is 11.0. The van der Waals surface area contributed by atoms with Crippen LogP contribution in [-0.2, 0) is 29.3 Å². The normalized spacial score (nSPS) is 27.0. The second kappa shape index (κ2) is 12.4. The summed E-state index contributed by atoms with van der Waals surface area (Å²) in [5.74, 6) is -7.18. The fourth-order valence-electron chi connectivity index (χ4n) is 8.40. The van der Waals surface area contributed by atoms with E-state index in [1.54, 1.807) is 54.6 Å². The molecule has 14 heteroatoms. The number of anilines is 1. The van der Waals surface area contributed by atoms with Gasteiger partial charge >= 0.3 is 6.09 Å². The first-order valence-corrected chi connectivity index (χ1v) is 16.5. The van der Waals surface area contributed by atoms with Gasteiger partial charge in [0.1, 0.15) is 5.75 Å². The van der Waals surface area contributed by atoms with E-state index in [4.69, 9.17) is 37.4 Å². The third-order valence-electron chi connectivity index (χ3n) is 10.5. The van der Waals surface area contributed by atoms with E-state index in [0.717, 1.165) is 12.1 Å². The number of carbonyl (C=O) groups is 5. The number of para-hydroxylation sites is 1. The predicted molar refractivity (Wildman–Crippen MR) is 180 cm³/mol. The number of halogens is 2. The van der Waals surface area contributed by atoms with E-state index in [-0.39, 0.29) is 40.6 Å². The van der Waals surface area contributed by atoms with Crippen LogP contribution in [0.3, 0.4) is 0 Å². The van der Waals surface area contributed by atoms with Crippen LogP contribution in [0.1, 0.15) is 29.9 Å². The van der Waals surface area contributed by atoms with Crippen LogP contribution in [0.4, 0.5) is 10.5 Å². The zero-order chi connectivity index (χ0) is 35.6. The van der Waals surface area contributed by atoms with Crippen molar-refractivity contribution in [3.05, 3.63) is 93.5 Å². The smallest absolute Gasteiger partial charge is 0.423 e. The lowest BCUT2D eigenvalue weighted by molar-refractivity contribution is -0.140. The molecule has 0 aromatic heterocycles. The molecule has 3 aromatic carbocycles. The number of phenolic OH excluding ortho intramolecular Hbond substituents is 1. The van der Waals surface area contributed by atoms with Crippen molar-refractivity contribution < 1.29 is 43.3 Å². The van der Waals surface area contributed by atoms with Crippen molar-refractivity contribution in [2.75, 3.05) is 26.8 Å². The molecule has 7 rings (SSSR count). The van der Waals surface area contributed by atoms with Crippen molar-refractivity contribution >= 4 is 58.6 Å². The number of benzene rings is 3. The summed E-state index contributed by atoms with van der Waals surface area (Å²) in [6.45, 7) is 0. The lowest BCUT2D eigenvalue weighted by atomic mass is 9.49. The number of imide groups is 4. The first-order valence-electron chi connectivity index (χ1n) is 15.8. The molecular formula is C36H31Cl2N3O9. The highest BCUT2D eigenvalue weighted by molar-refractivity contribution is 6.36. The monoisotopic (exact) mass is 719 g/mol. The first-order chi connectivity index (χ1) is 24.0. The van der Waals surface area contributed by atoms with Crippen LogP contribution in [0.2, 0.25) is 10.0 Å². The van der Waals surface area contributed by atoms with Gasteiger partial charge in [-0.15, -0.1) is 0 Å². The van der Waals surface area contributed by atoms with Crippen LogP contribution in [0, 0.1) is 23.7 Å². The van der Waals surface area contributed by atoms with E-state index in [9.17, 15) is 24.3 Å². The van der Waals surface area contributed by atoms with Crippen LogP contribution in [0.5, 0.6) is 17.2 Å². The van der Waals surface area contributed by atoms with Gasteiger partial charge in [0.05, 0.1) is 55.2 Å². The minimum atomic E-state index is -1.69. The molecule has 258 valence electrons. The molecule has 50 heavy (non-hydrogen) atoms. The molecule has 0 radical (unpaired) electrons. The molecule has 2 aliphatic heterocycles. The molecule has 2 heterocycles. The zero-order valence-corrected chi connectivity index (χ0v) is 28.5. The largest absolute Gasteiger partial charge is 0.504 e. The molecule has 4 aliphatic rings. The SMILES string of the molecule is COC(=O)N1C(=O)C2CC=C3C(CC4C(=O)N(Nc5ccc(Cl)cc5Cl)C(=O)C4(c4ccc(OC)cc4)C3c3cccc(OC)c3O)C2C1=O. The van der Waals surface area contributed by atoms with Gasteiger partial charge in [0, 0.05) is 16.5 Å². The second-order valence-corrected chi connectivity index (χ2v) is 13.4. The Kier molecular flexibility index (Phi) is 8.26. The topological polar surface area (TPSA) is 152 Å². The molecule has 2 saturated heterocycles. The van der Waals surface area contributed by atoms with Crippen LogP contribution < -0.4 is 14.9 Å². The summed E-state index contributed by atoms with van der Waals surface area (Å²) in [5, 5.41) is 13.1. The van der Waals surface area contributed by atoms with E-state index in [1.165, 1.54) is 26.4 Å². The number of nitrogens with zero attached hydrogens (tertiary/aromatic N) is 2. The van der Waals surface area contributed by atoms with Gasteiger partial charge in [-0.1, -0.05) is 59.1 Å². The van der Waals surface area contributed by atoms with Gasteiger partial charge in [-0.3, -0.25) is 24.6 Å². The van der Waals surface area contributed by atoms with Crippen molar-refractivity contribution in [3.63, 3.8) is 0 Å². The minimum absolute atomic E-state index is 0.0363. The second-order valence-electron chi connectivity index (χ2n) is 12.6. The number of aromatic hydroxyl groups is 1. The maximum atomic E-state index is 15.3. The summed E-state index contributed by atoms with van der Waals surface area (Å²) in [6, 6.07) is 16.2. The Morgan fingerprint density at radius 2 is 1.66 bits per heavy atom. The van der Waals surface area contributed by atoms with Crippen molar-refractivity contribution in [3.8, 4) is 17.2 Å². The summed E-state index contributed by atoms with van der Waals surface area (Å²) in [7, 11) is 3.98. The van der Waals surface area contributed by atoms with Gasteiger partial charge in [0.2, 0.25) is 11.8 Å². The van der Waals surface area contributed by atoms with Crippen molar-refractivity contribution in [1.82, 2.24) is 9.91 Å². The number of rotatable bonds is 6. The minimum Gasteiger partial charge on any atom is -0.504 e. The maximum Gasteiger partial charge on any atom is 0.423 e. The van der Waals surface area contributed by atoms with Gasteiger partial charge in [-0.05, 0) is 60.7 Å². The highest BCUT2D eigenvalue weighted by Crippen LogP contribution is 2.65. The number of hydrogen-bond donors (Lipinski definition) is 2. The molecule has 0 spiro atoms. The third kappa shape index (κ3) is 4.68. The number of phenols is 1. The molecule has 6 unspecified atom stereocenters. The standard InChI is InChI=1S/C36H31Cl2N3O9/c1-48-19-10-7-17(8-11-19)36-24(32(44)41(34(36)46)39-26-14-9-18(37)15-25(26)38)16-23-20(29(36)22-5-4-6-27(49-2)30(22)42)12-13-21-28(23)33(45)40(31(21)43)35(47)50-3/h4-12,14-15,21,23-24,28-29,39,42H,13,16H2,1-3H3. The zero-order valence-electron chi connectivity index (χ0n) is 27.0. The van der Waals surface area contributed by atoms with E-state index in [0.29, 0.717) is 26.8 Å². The van der Waals surface area contributed by atoms with Crippen molar-refractivity contribution in [2.24, 2.45) is 23.7 Å². The summed E-state index contributed by atoms with van der Waals surface area (Å²) in [5.41, 5.74) is 2.76. The Labute approximate surface area is 296 Å². The number of nitrogens with one attached hydrogen (secondary N) is 1. The number of carbonyl (C=O) groups excluding carboxylic acids is 5. The van der Waals surface area contributed by atoms with Crippen LogP contribution in [0.25, 0.3) is 0 Å². The molecule has 0 bridgehead atoms. The fraction of sp³-hybridized carbons (Fsp3) is 0.306. The average molecular weight is 721 g/mol. The summed E-state index contributed by atoms with van der Waals surface area (Å²) < 4.78 is 15.7. The number of amides is 5. The fourth-order valence-corrected chi connectivity index (χ4v) is 8.85. The number of allylic oxidation sites excluding steroid dienone is 2. The summed E-state index contributed by atoms with van der Waals surface area (Å²) in [4.78, 5) is 70.6. The molecule has 2 N–H and O–H groups in total. The lowest BCUT2D eigenvalue weighted by Crippen LogP contribution is -2.53. The van der Waals surface area contributed by atoms with E-state index in [1.807, 2.05) is 0 Å². The number of ether oxygens (including phenoxy) is 3. The van der Waals surface area contributed by atoms with E-state index >= 15 is 4.79 Å². The Bertz CT molecular complexity index is 2000. The Morgan fingerprint density at radius 1 is 0.920 bits per heavy atom. The average Bonchev–Trinajstić information content (AvgIpc) is 3.50. The highest BCUT2D eigenvalue weighted by Gasteiger charge is 2.71. The molecule has 3 fully saturated rings. The number of likely N-dealkylation sites (tertiary alicyclic amines) is 1. The van der Waals surface area contributed by atoms with Crippen LogP contribution in [-0.4, -0.2) is 66.1 Å². The highest BCUT2D eigenvalue weighted by atomic mass is 35.5. The lowest BCUT2D eigenvalue weighted by Gasteiger charge is -2.50. The number of hydrogen-bond acceptors (Lipinski definition) is 10. The summed E-state index contributed by atoms with van der Waals surface area (Å²) >= 11 is 12.6. The number of methoxy groups -OCH3 is 3. The molecule has 2 aliphatic carbocycles. The molecule has 3 aromatic rings. The van der Waals surface area contributed by atoms with Crippen molar-refractivity contribution in [2.45, 2.75) is 24.2 Å².